The van der Waals surface area contributed by atoms with Crippen LogP contribution in [0.25, 0.3) is 0 Å². The monoisotopic (exact) mass is 487 g/mol. The summed E-state index contributed by atoms with van der Waals surface area (Å²) in [6.07, 6.45) is -4.48. The van der Waals surface area contributed by atoms with Gasteiger partial charge in [-0.25, -0.2) is 0 Å². The molecule has 1 N–H and O–H groups in total. The molecule has 11 heteroatoms. The number of carbonyl (C=O) groups excluding carboxylic acids is 2. The van der Waals surface area contributed by atoms with Gasteiger partial charge in [0.2, 0.25) is 5.91 Å². The molecule has 7 nitrogen and oxygen atoms in total. The highest BCUT2D eigenvalue weighted by Gasteiger charge is 2.35. The van der Waals surface area contributed by atoms with Gasteiger partial charge in [0.15, 0.2) is 0 Å². The van der Waals surface area contributed by atoms with Crippen molar-refractivity contribution in [3.05, 3.63) is 99.6 Å². The second-order valence-corrected chi connectivity index (χ2v) is 8.43. The van der Waals surface area contributed by atoms with Crippen molar-refractivity contribution in [1.29, 1.82) is 0 Å². The lowest BCUT2D eigenvalue weighted by Gasteiger charge is -2.25. The summed E-state index contributed by atoms with van der Waals surface area (Å²) in [6, 6.07) is 16.4. The van der Waals surface area contributed by atoms with Gasteiger partial charge in [0.1, 0.15) is 5.37 Å². The number of nitrogens with zero attached hydrogens (tertiary/aromatic N) is 2. The lowest BCUT2D eigenvalue weighted by atomic mass is 10.1. The second-order valence-electron chi connectivity index (χ2n) is 7.36. The van der Waals surface area contributed by atoms with Crippen LogP contribution in [-0.2, 0) is 11.0 Å². The van der Waals surface area contributed by atoms with Crippen LogP contribution in [0.3, 0.4) is 0 Å². The number of anilines is 2. The van der Waals surface area contributed by atoms with Crippen molar-refractivity contribution >= 4 is 40.6 Å². The number of hydrogen-bond donors (Lipinski definition) is 1. The van der Waals surface area contributed by atoms with Gasteiger partial charge < -0.3 is 5.32 Å². The number of thioether (sulfide) groups is 1. The van der Waals surface area contributed by atoms with Gasteiger partial charge in [-0.05, 0) is 48.0 Å². The highest BCUT2D eigenvalue weighted by molar-refractivity contribution is 8.00. The van der Waals surface area contributed by atoms with Crippen LogP contribution in [0.2, 0.25) is 0 Å². The van der Waals surface area contributed by atoms with Gasteiger partial charge in [-0.2, -0.15) is 13.2 Å². The van der Waals surface area contributed by atoms with E-state index in [4.69, 9.17) is 0 Å². The van der Waals surface area contributed by atoms with Crippen molar-refractivity contribution in [2.24, 2.45) is 0 Å². The van der Waals surface area contributed by atoms with Gasteiger partial charge in [0.05, 0.1) is 16.2 Å². The molecule has 0 aliphatic carbocycles. The van der Waals surface area contributed by atoms with E-state index in [1.54, 1.807) is 24.3 Å². The number of non-ortho nitro benzene ring substituents is 1. The molecule has 0 aromatic heterocycles. The Bertz CT molecular complexity index is 1260. The minimum absolute atomic E-state index is 0.108. The number of nitrogens with one attached hydrogen (secondary N) is 1. The van der Waals surface area contributed by atoms with Crippen molar-refractivity contribution in [1.82, 2.24) is 0 Å². The molecule has 4 rings (SSSR count). The Morgan fingerprint density at radius 1 is 1.06 bits per heavy atom. The Labute approximate surface area is 195 Å². The molecular formula is C23H16F3N3O4S. The van der Waals surface area contributed by atoms with Crippen LogP contribution in [-0.4, -0.2) is 22.5 Å². The number of benzene rings is 3. The summed E-state index contributed by atoms with van der Waals surface area (Å²) in [5.41, 5.74) is 0.483. The standard InChI is InChI=1S/C23H16F3N3O4S/c24-23(25,26)16-7-9-18(10-8-16)28-20(30)13-34-22(28)15-4-1-5-17(11-15)27-21(31)14-3-2-6-19(12-14)29(32)33/h1-12,22H,13H2,(H,27,31). The summed E-state index contributed by atoms with van der Waals surface area (Å²) in [5, 5.41) is 13.1. The third-order valence-electron chi connectivity index (χ3n) is 5.09. The Balaban J connectivity index is 1.56. The van der Waals surface area contributed by atoms with Crippen LogP contribution < -0.4 is 10.2 Å². The zero-order valence-corrected chi connectivity index (χ0v) is 18.1. The minimum atomic E-state index is -4.48. The van der Waals surface area contributed by atoms with Gasteiger partial charge in [0, 0.05) is 29.1 Å². The smallest absolute Gasteiger partial charge is 0.322 e. The van der Waals surface area contributed by atoms with Crippen molar-refractivity contribution in [3.63, 3.8) is 0 Å². The Kier molecular flexibility index (Phi) is 6.29. The lowest BCUT2D eigenvalue weighted by molar-refractivity contribution is -0.384. The molecule has 174 valence electrons. The van der Waals surface area contributed by atoms with E-state index in [1.165, 1.54) is 47.0 Å². The average molecular weight is 487 g/mol. The van der Waals surface area contributed by atoms with E-state index in [9.17, 15) is 32.9 Å². The predicted molar refractivity (Wildman–Crippen MR) is 122 cm³/mol. The molecule has 0 bridgehead atoms. The van der Waals surface area contributed by atoms with E-state index in [0.717, 1.165) is 18.2 Å². The van der Waals surface area contributed by atoms with Crippen molar-refractivity contribution in [2.75, 3.05) is 16.0 Å². The highest BCUT2D eigenvalue weighted by atomic mass is 32.2. The molecule has 1 aliphatic rings. The van der Waals surface area contributed by atoms with Gasteiger partial charge in [0.25, 0.3) is 11.6 Å². The first kappa shape index (κ1) is 23.3. The fourth-order valence-corrected chi connectivity index (χ4v) is 4.66. The van der Waals surface area contributed by atoms with E-state index in [2.05, 4.69) is 5.32 Å². The van der Waals surface area contributed by atoms with Crippen LogP contribution >= 0.6 is 11.8 Å². The number of nitro groups is 1. The summed E-state index contributed by atoms with van der Waals surface area (Å²) in [4.78, 5) is 36.9. The summed E-state index contributed by atoms with van der Waals surface area (Å²) >= 11 is 1.31. The average Bonchev–Trinajstić information content (AvgIpc) is 3.20. The molecule has 2 amide bonds. The molecule has 1 aliphatic heterocycles. The first-order chi connectivity index (χ1) is 16.1. The fourth-order valence-electron chi connectivity index (χ4n) is 3.49. The topological polar surface area (TPSA) is 92.6 Å². The first-order valence-corrected chi connectivity index (χ1v) is 10.9. The van der Waals surface area contributed by atoms with Crippen LogP contribution in [0.4, 0.5) is 30.2 Å². The number of hydrogen-bond acceptors (Lipinski definition) is 5. The van der Waals surface area contributed by atoms with Crippen molar-refractivity contribution < 1.29 is 27.7 Å². The Morgan fingerprint density at radius 2 is 1.76 bits per heavy atom. The molecule has 1 fully saturated rings. The molecule has 3 aromatic rings. The summed E-state index contributed by atoms with van der Waals surface area (Å²) in [6.45, 7) is 0. The summed E-state index contributed by atoms with van der Waals surface area (Å²) in [5.74, 6) is -0.646. The van der Waals surface area contributed by atoms with Crippen LogP contribution in [0.1, 0.15) is 26.9 Å². The van der Waals surface area contributed by atoms with E-state index in [1.807, 2.05) is 0 Å². The summed E-state index contributed by atoms with van der Waals surface area (Å²) < 4.78 is 38.7. The first-order valence-electron chi connectivity index (χ1n) is 9.90. The molecule has 34 heavy (non-hydrogen) atoms. The Morgan fingerprint density at radius 3 is 2.44 bits per heavy atom. The quantitative estimate of drug-likeness (QED) is 0.371. The minimum Gasteiger partial charge on any atom is -0.322 e. The van der Waals surface area contributed by atoms with E-state index >= 15 is 0 Å². The second kappa shape index (κ2) is 9.18. The molecule has 0 radical (unpaired) electrons. The third-order valence-corrected chi connectivity index (χ3v) is 6.30. The Hall–Kier alpha value is -3.86. The number of halogens is 3. The number of rotatable bonds is 5. The number of amides is 2. The number of carbonyl (C=O) groups is 2. The largest absolute Gasteiger partial charge is 0.416 e. The lowest BCUT2D eigenvalue weighted by Crippen LogP contribution is -2.28. The van der Waals surface area contributed by atoms with Crippen molar-refractivity contribution in [3.8, 4) is 0 Å². The molecule has 3 aromatic carbocycles. The zero-order chi connectivity index (χ0) is 24.5. The maximum atomic E-state index is 12.9. The number of alkyl halides is 3. The fraction of sp³-hybridized carbons (Fsp3) is 0.130. The SMILES string of the molecule is O=C(Nc1cccc(C2SCC(=O)N2c2ccc(C(F)(F)F)cc2)c1)c1cccc([N+](=O)[O-])c1. The normalized spacial score (nSPS) is 15.9. The van der Waals surface area contributed by atoms with Crippen LogP contribution in [0.15, 0.2) is 72.8 Å². The molecule has 1 atom stereocenters. The molecule has 1 unspecified atom stereocenters. The van der Waals surface area contributed by atoms with E-state index < -0.39 is 27.9 Å². The number of nitro benzene ring substituents is 1. The molecule has 0 saturated carbocycles. The van der Waals surface area contributed by atoms with Crippen LogP contribution in [0, 0.1) is 10.1 Å². The van der Waals surface area contributed by atoms with Crippen LogP contribution in [0.5, 0.6) is 0 Å². The van der Waals surface area contributed by atoms with E-state index in [0.29, 0.717) is 16.9 Å². The molecule has 0 spiro atoms. The van der Waals surface area contributed by atoms with Gasteiger partial charge in [-0.3, -0.25) is 24.6 Å². The molecule has 1 saturated heterocycles. The zero-order valence-electron chi connectivity index (χ0n) is 17.3. The van der Waals surface area contributed by atoms with E-state index in [-0.39, 0.29) is 22.9 Å². The van der Waals surface area contributed by atoms with Gasteiger partial charge in [-0.15, -0.1) is 11.8 Å². The molecular weight excluding hydrogens is 471 g/mol. The predicted octanol–water partition coefficient (Wildman–Crippen LogP) is 5.64. The van der Waals surface area contributed by atoms with Crippen molar-refractivity contribution in [2.45, 2.75) is 11.6 Å². The molecule has 1 heterocycles. The van der Waals surface area contributed by atoms with Gasteiger partial charge in [-0.1, -0.05) is 18.2 Å². The summed E-state index contributed by atoms with van der Waals surface area (Å²) in [7, 11) is 0. The highest BCUT2D eigenvalue weighted by Crippen LogP contribution is 2.43. The third kappa shape index (κ3) is 4.88. The maximum Gasteiger partial charge on any atom is 0.416 e. The maximum absolute atomic E-state index is 12.9. The van der Waals surface area contributed by atoms with Gasteiger partial charge >= 0.3 is 6.18 Å².